The lowest BCUT2D eigenvalue weighted by molar-refractivity contribution is 0.102. The van der Waals surface area contributed by atoms with Gasteiger partial charge in [0.1, 0.15) is 11.5 Å². The molecule has 0 aromatic carbocycles. The Morgan fingerprint density at radius 2 is 1.95 bits per heavy atom. The summed E-state index contributed by atoms with van der Waals surface area (Å²) in [6.45, 7) is 3.87. The van der Waals surface area contributed by atoms with Crippen LogP contribution in [-0.2, 0) is 0 Å². The number of anilines is 2. The summed E-state index contributed by atoms with van der Waals surface area (Å²) in [4.78, 5) is 22.6. The molecule has 7 heteroatoms. The van der Waals surface area contributed by atoms with Crippen LogP contribution < -0.4 is 15.5 Å². The average molecular weight is 318 g/mol. The third kappa shape index (κ3) is 3.52. The van der Waals surface area contributed by atoms with Gasteiger partial charge in [-0.05, 0) is 24.3 Å². The van der Waals surface area contributed by atoms with Gasteiger partial charge in [0.15, 0.2) is 0 Å². The van der Waals surface area contributed by atoms with Gasteiger partial charge in [0.2, 0.25) is 0 Å². The molecule has 2 aromatic heterocycles. The third-order valence-corrected chi connectivity index (χ3v) is 3.66. The van der Waals surface area contributed by atoms with Gasteiger partial charge in [0.05, 0.1) is 16.9 Å². The minimum atomic E-state index is -0.306. The number of nitrogens with one attached hydrogen (secondary N) is 2. The Hall–Kier alpha value is -2.18. The van der Waals surface area contributed by atoms with E-state index < -0.39 is 0 Å². The summed E-state index contributed by atoms with van der Waals surface area (Å²) in [5, 5.41) is 6.53. The summed E-state index contributed by atoms with van der Waals surface area (Å²) >= 11 is 5.75. The number of nitrogens with zero attached hydrogens (tertiary/aromatic N) is 3. The maximum absolute atomic E-state index is 12.0. The summed E-state index contributed by atoms with van der Waals surface area (Å²) < 4.78 is 0. The van der Waals surface area contributed by atoms with Crippen molar-refractivity contribution in [2.75, 3.05) is 36.4 Å². The Bertz CT molecular complexity index is 638. The van der Waals surface area contributed by atoms with Crippen LogP contribution in [0.25, 0.3) is 0 Å². The van der Waals surface area contributed by atoms with E-state index in [1.165, 1.54) is 6.20 Å². The van der Waals surface area contributed by atoms with Gasteiger partial charge in [0, 0.05) is 32.4 Å². The third-order valence-electron chi connectivity index (χ3n) is 3.43. The molecule has 3 rings (SSSR count). The number of halogens is 1. The Morgan fingerprint density at radius 1 is 1.14 bits per heavy atom. The normalized spacial score (nSPS) is 14.7. The highest BCUT2D eigenvalue weighted by Crippen LogP contribution is 2.16. The topological polar surface area (TPSA) is 70.2 Å². The van der Waals surface area contributed by atoms with Crippen molar-refractivity contribution in [1.82, 2.24) is 15.3 Å². The smallest absolute Gasteiger partial charge is 0.275 e. The second-order valence-electron chi connectivity index (χ2n) is 4.95. The fraction of sp³-hybridized carbons (Fsp3) is 0.267. The van der Waals surface area contributed by atoms with Crippen LogP contribution in [0.5, 0.6) is 0 Å². The summed E-state index contributed by atoms with van der Waals surface area (Å²) in [6.07, 6.45) is 3.22. The maximum Gasteiger partial charge on any atom is 0.275 e. The molecule has 0 radical (unpaired) electrons. The fourth-order valence-corrected chi connectivity index (χ4v) is 2.37. The first-order chi connectivity index (χ1) is 10.7. The van der Waals surface area contributed by atoms with Crippen molar-refractivity contribution >= 4 is 29.0 Å². The first-order valence-corrected chi connectivity index (χ1v) is 7.45. The van der Waals surface area contributed by atoms with E-state index in [2.05, 4.69) is 25.5 Å². The second-order valence-corrected chi connectivity index (χ2v) is 5.39. The van der Waals surface area contributed by atoms with Crippen molar-refractivity contribution in [3.63, 3.8) is 0 Å². The quantitative estimate of drug-likeness (QED) is 0.903. The maximum atomic E-state index is 12.0. The Labute approximate surface area is 133 Å². The predicted molar refractivity (Wildman–Crippen MR) is 86.5 cm³/mol. The molecule has 114 valence electrons. The van der Waals surface area contributed by atoms with E-state index in [9.17, 15) is 4.79 Å². The van der Waals surface area contributed by atoms with E-state index in [0.717, 1.165) is 31.9 Å². The molecular weight excluding hydrogens is 302 g/mol. The van der Waals surface area contributed by atoms with Crippen LogP contribution >= 0.6 is 11.6 Å². The number of amides is 1. The monoisotopic (exact) mass is 317 g/mol. The van der Waals surface area contributed by atoms with Crippen molar-refractivity contribution in [3.05, 3.63) is 47.4 Å². The molecule has 1 fully saturated rings. The first-order valence-electron chi connectivity index (χ1n) is 7.07. The number of pyridine rings is 2. The zero-order chi connectivity index (χ0) is 15.4. The van der Waals surface area contributed by atoms with Gasteiger partial charge >= 0.3 is 0 Å². The molecule has 0 atom stereocenters. The minimum Gasteiger partial charge on any atom is -0.368 e. The lowest BCUT2D eigenvalue weighted by Crippen LogP contribution is -2.43. The molecule has 6 nitrogen and oxygen atoms in total. The van der Waals surface area contributed by atoms with Gasteiger partial charge in [-0.2, -0.15) is 0 Å². The highest BCUT2D eigenvalue weighted by Gasteiger charge is 2.12. The molecule has 1 aliphatic rings. The zero-order valence-electron chi connectivity index (χ0n) is 11.9. The summed E-state index contributed by atoms with van der Waals surface area (Å²) in [5.74, 6) is 0.194. The SMILES string of the molecule is O=C(Nc1ccc(N2CCNCC2)cn1)c1ccc(Cl)cn1. The van der Waals surface area contributed by atoms with Crippen LogP contribution in [-0.4, -0.2) is 42.1 Å². The van der Waals surface area contributed by atoms with Crippen LogP contribution in [0.4, 0.5) is 11.5 Å². The van der Waals surface area contributed by atoms with Crippen molar-refractivity contribution in [3.8, 4) is 0 Å². The highest BCUT2D eigenvalue weighted by atomic mass is 35.5. The number of hydrogen-bond acceptors (Lipinski definition) is 5. The molecule has 0 unspecified atom stereocenters. The molecular formula is C15H16ClN5O. The standard InChI is InChI=1S/C15H16ClN5O/c16-11-1-3-13(18-9-11)15(22)20-14-4-2-12(10-19-14)21-7-5-17-6-8-21/h1-4,9-10,17H,5-8H2,(H,19,20,22). The highest BCUT2D eigenvalue weighted by molar-refractivity contribution is 6.30. The molecule has 2 N–H and O–H groups in total. The van der Waals surface area contributed by atoms with Gasteiger partial charge in [0.25, 0.3) is 5.91 Å². The van der Waals surface area contributed by atoms with Crippen LogP contribution in [0, 0.1) is 0 Å². The van der Waals surface area contributed by atoms with Gasteiger partial charge in [-0.1, -0.05) is 11.6 Å². The van der Waals surface area contributed by atoms with Crippen LogP contribution in [0.2, 0.25) is 5.02 Å². The van der Waals surface area contributed by atoms with E-state index in [-0.39, 0.29) is 5.91 Å². The molecule has 0 aliphatic carbocycles. The molecule has 1 saturated heterocycles. The number of carbonyl (C=O) groups is 1. The summed E-state index contributed by atoms with van der Waals surface area (Å²) in [6, 6.07) is 6.96. The van der Waals surface area contributed by atoms with Crippen LogP contribution in [0.1, 0.15) is 10.5 Å². The number of piperazine rings is 1. The summed E-state index contributed by atoms with van der Waals surface area (Å²) in [5.41, 5.74) is 1.36. The van der Waals surface area contributed by atoms with E-state index >= 15 is 0 Å². The van der Waals surface area contributed by atoms with E-state index in [4.69, 9.17) is 11.6 Å². The van der Waals surface area contributed by atoms with Gasteiger partial charge in [-0.25, -0.2) is 9.97 Å². The fourth-order valence-electron chi connectivity index (χ4n) is 2.26. The predicted octanol–water partition coefficient (Wildman–Crippen LogP) is 1.79. The van der Waals surface area contributed by atoms with Gasteiger partial charge in [-0.3, -0.25) is 4.79 Å². The lowest BCUT2D eigenvalue weighted by Gasteiger charge is -2.29. The summed E-state index contributed by atoms with van der Waals surface area (Å²) in [7, 11) is 0. The number of aromatic nitrogens is 2. The van der Waals surface area contributed by atoms with Crippen LogP contribution in [0.15, 0.2) is 36.7 Å². The van der Waals surface area contributed by atoms with Crippen molar-refractivity contribution in [1.29, 1.82) is 0 Å². The average Bonchev–Trinajstić information content (AvgIpc) is 2.57. The van der Waals surface area contributed by atoms with E-state index in [1.54, 1.807) is 24.4 Å². The molecule has 1 amide bonds. The first kappa shape index (κ1) is 14.7. The van der Waals surface area contributed by atoms with Crippen molar-refractivity contribution in [2.24, 2.45) is 0 Å². The van der Waals surface area contributed by atoms with Crippen LogP contribution in [0.3, 0.4) is 0 Å². The minimum absolute atomic E-state index is 0.303. The van der Waals surface area contributed by atoms with E-state index in [0.29, 0.717) is 16.5 Å². The van der Waals surface area contributed by atoms with E-state index in [1.807, 2.05) is 6.07 Å². The Morgan fingerprint density at radius 3 is 2.59 bits per heavy atom. The molecule has 0 saturated carbocycles. The van der Waals surface area contributed by atoms with Gasteiger partial charge < -0.3 is 15.5 Å². The zero-order valence-corrected chi connectivity index (χ0v) is 12.7. The molecule has 22 heavy (non-hydrogen) atoms. The molecule has 0 bridgehead atoms. The Balaban J connectivity index is 1.65. The largest absolute Gasteiger partial charge is 0.368 e. The number of hydrogen-bond donors (Lipinski definition) is 2. The van der Waals surface area contributed by atoms with Crippen molar-refractivity contribution in [2.45, 2.75) is 0 Å². The number of carbonyl (C=O) groups excluding carboxylic acids is 1. The molecule has 3 heterocycles. The molecule has 0 spiro atoms. The van der Waals surface area contributed by atoms with Gasteiger partial charge in [-0.15, -0.1) is 0 Å². The molecule has 1 aliphatic heterocycles. The lowest BCUT2D eigenvalue weighted by atomic mass is 10.3. The van der Waals surface area contributed by atoms with Crippen molar-refractivity contribution < 1.29 is 4.79 Å². The Kier molecular flexibility index (Phi) is 4.50. The number of rotatable bonds is 3. The molecule has 2 aromatic rings. The second kappa shape index (κ2) is 6.72.